The molecule has 0 spiro atoms. The number of aliphatic hydroxyl groups excluding tert-OH is 1. The molecule has 0 fully saturated rings. The number of aliphatic hydroxyl groups is 1. The van der Waals surface area contributed by atoms with Gasteiger partial charge in [-0.2, -0.15) is 10.2 Å². The molecule has 1 aromatic carbocycles. The summed E-state index contributed by atoms with van der Waals surface area (Å²) in [4.78, 5) is 0. The van der Waals surface area contributed by atoms with Crippen molar-refractivity contribution in [2.24, 2.45) is 7.05 Å². The molecule has 0 unspecified atom stereocenters. The first kappa shape index (κ1) is 11.0. The first-order valence-corrected chi connectivity index (χ1v) is 5.79. The maximum absolute atomic E-state index is 9.49. The summed E-state index contributed by atoms with van der Waals surface area (Å²) in [6.07, 6.45) is 1.82. The van der Waals surface area contributed by atoms with E-state index < -0.39 is 0 Å². The van der Waals surface area contributed by atoms with Crippen molar-refractivity contribution in [3.8, 4) is 5.82 Å². The molecule has 3 rings (SSSR count). The van der Waals surface area contributed by atoms with Gasteiger partial charge in [-0.1, -0.05) is 18.2 Å². The smallest absolute Gasteiger partial charge is 0.158 e. The molecule has 0 atom stereocenters. The van der Waals surface area contributed by atoms with Crippen LogP contribution in [-0.4, -0.2) is 24.7 Å². The minimum Gasteiger partial charge on any atom is -0.391 e. The molecule has 92 valence electrons. The Kier molecular flexibility index (Phi) is 2.41. The lowest BCUT2D eigenvalue weighted by Gasteiger charge is -2.06. The molecule has 0 aliphatic heterocycles. The molecule has 0 aliphatic carbocycles. The number of para-hydroxylation sites is 1. The van der Waals surface area contributed by atoms with Gasteiger partial charge >= 0.3 is 0 Å². The Balaban J connectivity index is 2.33. The van der Waals surface area contributed by atoms with E-state index in [9.17, 15) is 5.11 Å². The molecule has 2 aromatic heterocycles. The third kappa shape index (κ3) is 1.44. The van der Waals surface area contributed by atoms with Crippen molar-refractivity contribution in [3.63, 3.8) is 0 Å². The van der Waals surface area contributed by atoms with Gasteiger partial charge in [0.2, 0.25) is 0 Å². The molecule has 5 heteroatoms. The average molecular weight is 242 g/mol. The molecule has 2 heterocycles. The van der Waals surface area contributed by atoms with Crippen LogP contribution in [0.3, 0.4) is 0 Å². The van der Waals surface area contributed by atoms with Crippen molar-refractivity contribution in [3.05, 3.63) is 41.7 Å². The first-order valence-electron chi connectivity index (χ1n) is 5.79. The highest BCUT2D eigenvalue weighted by molar-refractivity contribution is 5.80. The third-order valence-electron chi connectivity index (χ3n) is 3.15. The number of hydrogen-bond acceptors (Lipinski definition) is 3. The highest BCUT2D eigenvalue weighted by Gasteiger charge is 2.16. The van der Waals surface area contributed by atoms with Crippen LogP contribution in [0.1, 0.15) is 11.3 Å². The van der Waals surface area contributed by atoms with E-state index in [0.717, 1.165) is 28.0 Å². The van der Waals surface area contributed by atoms with E-state index in [1.807, 2.05) is 49.1 Å². The van der Waals surface area contributed by atoms with Gasteiger partial charge in [0.1, 0.15) is 0 Å². The Morgan fingerprint density at radius 2 is 2.06 bits per heavy atom. The maximum atomic E-state index is 9.49. The SMILES string of the molecule is Cc1nn(C)c(-n2ncc3ccccc32)c1CO. The van der Waals surface area contributed by atoms with Crippen LogP contribution in [0.15, 0.2) is 30.5 Å². The maximum Gasteiger partial charge on any atom is 0.158 e. The molecule has 1 N–H and O–H groups in total. The van der Waals surface area contributed by atoms with Crippen LogP contribution < -0.4 is 0 Å². The van der Waals surface area contributed by atoms with Crippen molar-refractivity contribution in [1.82, 2.24) is 19.6 Å². The molecule has 5 nitrogen and oxygen atoms in total. The van der Waals surface area contributed by atoms with E-state index in [1.165, 1.54) is 0 Å². The number of nitrogens with zero attached hydrogens (tertiary/aromatic N) is 4. The number of hydrogen-bond donors (Lipinski definition) is 1. The van der Waals surface area contributed by atoms with Crippen LogP contribution in [0, 0.1) is 6.92 Å². The van der Waals surface area contributed by atoms with E-state index in [0.29, 0.717) is 0 Å². The number of aromatic nitrogens is 4. The molecule has 18 heavy (non-hydrogen) atoms. The van der Waals surface area contributed by atoms with Gasteiger partial charge in [-0.25, -0.2) is 4.68 Å². The lowest BCUT2D eigenvalue weighted by atomic mass is 10.2. The second-order valence-electron chi connectivity index (χ2n) is 4.28. The molecular formula is C13H14N4O. The van der Waals surface area contributed by atoms with Gasteiger partial charge in [0.15, 0.2) is 5.82 Å². The van der Waals surface area contributed by atoms with Crippen LogP contribution in [-0.2, 0) is 13.7 Å². The summed E-state index contributed by atoms with van der Waals surface area (Å²) in [5, 5.41) is 19.3. The van der Waals surface area contributed by atoms with Crippen LogP contribution in [0.5, 0.6) is 0 Å². The van der Waals surface area contributed by atoms with E-state index >= 15 is 0 Å². The topological polar surface area (TPSA) is 55.9 Å². The quantitative estimate of drug-likeness (QED) is 0.742. The highest BCUT2D eigenvalue weighted by atomic mass is 16.3. The van der Waals surface area contributed by atoms with Crippen LogP contribution in [0.4, 0.5) is 0 Å². The van der Waals surface area contributed by atoms with Crippen LogP contribution >= 0.6 is 0 Å². The second kappa shape index (κ2) is 3.96. The Morgan fingerprint density at radius 3 is 2.83 bits per heavy atom. The van der Waals surface area contributed by atoms with Gasteiger partial charge in [0.05, 0.1) is 24.0 Å². The fourth-order valence-electron chi connectivity index (χ4n) is 2.28. The first-order chi connectivity index (χ1) is 8.72. The predicted molar refractivity (Wildman–Crippen MR) is 68.5 cm³/mol. The minimum atomic E-state index is -0.0385. The van der Waals surface area contributed by atoms with E-state index in [4.69, 9.17) is 0 Å². The Bertz CT molecular complexity index is 711. The molecule has 0 saturated carbocycles. The molecular weight excluding hydrogens is 228 g/mol. The Hall–Kier alpha value is -2.14. The number of benzene rings is 1. The lowest BCUT2D eigenvalue weighted by molar-refractivity contribution is 0.280. The van der Waals surface area contributed by atoms with Gasteiger partial charge in [-0.15, -0.1) is 0 Å². The second-order valence-corrected chi connectivity index (χ2v) is 4.28. The normalized spacial score (nSPS) is 11.3. The molecule has 0 bridgehead atoms. The van der Waals surface area contributed by atoms with E-state index in [-0.39, 0.29) is 6.61 Å². The fraction of sp³-hybridized carbons (Fsp3) is 0.231. The molecule has 0 saturated heterocycles. The van der Waals surface area contributed by atoms with Gasteiger partial charge in [0, 0.05) is 18.0 Å². The van der Waals surface area contributed by atoms with Crippen molar-refractivity contribution in [2.45, 2.75) is 13.5 Å². The van der Waals surface area contributed by atoms with Gasteiger partial charge in [0.25, 0.3) is 0 Å². The summed E-state index contributed by atoms with van der Waals surface area (Å²) < 4.78 is 3.57. The van der Waals surface area contributed by atoms with Crippen LogP contribution in [0.25, 0.3) is 16.7 Å². The standard InChI is InChI=1S/C13H14N4O/c1-9-11(8-18)13(16(2)15-9)17-12-6-4-3-5-10(12)7-14-17/h3-7,18H,8H2,1-2H3. The zero-order valence-electron chi connectivity index (χ0n) is 10.3. The summed E-state index contributed by atoms with van der Waals surface area (Å²) in [6, 6.07) is 7.98. The van der Waals surface area contributed by atoms with Crippen molar-refractivity contribution < 1.29 is 5.11 Å². The Labute approximate surface area is 104 Å². The van der Waals surface area contributed by atoms with Gasteiger partial charge in [-0.05, 0) is 13.0 Å². The van der Waals surface area contributed by atoms with Crippen molar-refractivity contribution in [2.75, 3.05) is 0 Å². The van der Waals surface area contributed by atoms with Crippen molar-refractivity contribution >= 4 is 10.9 Å². The fourth-order valence-corrected chi connectivity index (χ4v) is 2.28. The summed E-state index contributed by atoms with van der Waals surface area (Å²) in [5.74, 6) is 0.816. The minimum absolute atomic E-state index is 0.0385. The van der Waals surface area contributed by atoms with E-state index in [2.05, 4.69) is 10.2 Å². The lowest BCUT2D eigenvalue weighted by Crippen LogP contribution is -2.06. The van der Waals surface area contributed by atoms with E-state index in [1.54, 1.807) is 4.68 Å². The molecule has 3 aromatic rings. The molecule has 0 aliphatic rings. The monoisotopic (exact) mass is 242 g/mol. The predicted octanol–water partition coefficient (Wildman–Crippen LogP) is 1.56. The van der Waals surface area contributed by atoms with Crippen molar-refractivity contribution in [1.29, 1.82) is 0 Å². The zero-order valence-corrected chi connectivity index (χ0v) is 10.3. The Morgan fingerprint density at radius 1 is 1.28 bits per heavy atom. The van der Waals surface area contributed by atoms with Gasteiger partial charge < -0.3 is 5.11 Å². The van der Waals surface area contributed by atoms with Gasteiger partial charge in [-0.3, -0.25) is 4.68 Å². The summed E-state index contributed by atoms with van der Waals surface area (Å²) in [5.41, 5.74) is 2.65. The zero-order chi connectivity index (χ0) is 12.7. The number of aryl methyl sites for hydroxylation is 2. The summed E-state index contributed by atoms with van der Waals surface area (Å²) >= 11 is 0. The summed E-state index contributed by atoms with van der Waals surface area (Å²) in [6.45, 7) is 1.85. The molecule has 0 radical (unpaired) electrons. The summed E-state index contributed by atoms with van der Waals surface area (Å²) in [7, 11) is 1.86. The highest BCUT2D eigenvalue weighted by Crippen LogP contribution is 2.22. The third-order valence-corrected chi connectivity index (χ3v) is 3.15. The average Bonchev–Trinajstić information content (AvgIpc) is 2.89. The molecule has 0 amide bonds. The number of fused-ring (bicyclic) bond motifs is 1. The largest absolute Gasteiger partial charge is 0.391 e. The number of rotatable bonds is 2. The van der Waals surface area contributed by atoms with Crippen LogP contribution in [0.2, 0.25) is 0 Å².